The minimum Gasteiger partial charge on any atom is -0.502 e. The van der Waals surface area contributed by atoms with E-state index in [2.05, 4.69) is 0 Å². The summed E-state index contributed by atoms with van der Waals surface area (Å²) >= 11 is 5.76. The highest BCUT2D eigenvalue weighted by Crippen LogP contribution is 2.32. The van der Waals surface area contributed by atoms with Crippen LogP contribution in [0.15, 0.2) is 36.4 Å². The van der Waals surface area contributed by atoms with Gasteiger partial charge in [0.15, 0.2) is 5.75 Å². The maximum atomic E-state index is 11.0. The number of hydrogen-bond acceptors (Lipinski definition) is 4. The van der Waals surface area contributed by atoms with E-state index >= 15 is 0 Å². The first kappa shape index (κ1) is 13.8. The Morgan fingerprint density at radius 2 is 1.75 bits per heavy atom. The molecule has 102 valence electrons. The van der Waals surface area contributed by atoms with Crippen LogP contribution in [0.2, 0.25) is 5.02 Å². The van der Waals surface area contributed by atoms with Gasteiger partial charge in [0.25, 0.3) is 0 Å². The number of aromatic carboxylic acids is 1. The average Bonchev–Trinajstić information content (AvgIpc) is 2.39. The summed E-state index contributed by atoms with van der Waals surface area (Å²) in [7, 11) is 0. The molecule has 2 N–H and O–H groups in total. The number of halogens is 1. The fourth-order valence-corrected chi connectivity index (χ4v) is 1.92. The van der Waals surface area contributed by atoms with Crippen LogP contribution in [-0.4, -0.2) is 21.1 Å². The molecule has 0 aliphatic carbocycles. The number of rotatable bonds is 3. The van der Waals surface area contributed by atoms with Gasteiger partial charge in [-0.15, -0.1) is 0 Å². The van der Waals surface area contributed by atoms with Gasteiger partial charge >= 0.3 is 11.7 Å². The Balaban J connectivity index is 2.57. The molecule has 0 saturated carbocycles. The van der Waals surface area contributed by atoms with Gasteiger partial charge in [0, 0.05) is 6.07 Å². The third kappa shape index (κ3) is 2.55. The molecule has 0 aliphatic heterocycles. The molecule has 0 aromatic heterocycles. The number of carboxylic acid groups (broad SMARTS) is 1. The second kappa shape index (κ2) is 5.18. The quantitative estimate of drug-likeness (QED) is 0.668. The van der Waals surface area contributed by atoms with Crippen molar-refractivity contribution < 1.29 is 19.9 Å². The van der Waals surface area contributed by atoms with Gasteiger partial charge in [-0.05, 0) is 29.3 Å². The van der Waals surface area contributed by atoms with Gasteiger partial charge in [-0.25, -0.2) is 4.79 Å². The minimum atomic E-state index is -1.19. The largest absolute Gasteiger partial charge is 0.502 e. The molecule has 0 aliphatic rings. The van der Waals surface area contributed by atoms with Crippen molar-refractivity contribution >= 4 is 23.3 Å². The first-order chi connectivity index (χ1) is 9.40. The molecule has 0 unspecified atom stereocenters. The number of hydrogen-bond donors (Lipinski definition) is 2. The van der Waals surface area contributed by atoms with Crippen LogP contribution in [0, 0.1) is 10.1 Å². The first-order valence-electron chi connectivity index (χ1n) is 5.41. The monoisotopic (exact) mass is 293 g/mol. The van der Waals surface area contributed by atoms with Crippen molar-refractivity contribution in [1.29, 1.82) is 0 Å². The number of aromatic hydroxyl groups is 1. The lowest BCUT2D eigenvalue weighted by Gasteiger charge is -2.05. The highest BCUT2D eigenvalue weighted by atomic mass is 35.5. The van der Waals surface area contributed by atoms with E-state index in [9.17, 15) is 20.0 Å². The second-order valence-electron chi connectivity index (χ2n) is 3.96. The number of nitro groups is 1. The van der Waals surface area contributed by atoms with Crippen LogP contribution in [0.25, 0.3) is 11.1 Å². The van der Waals surface area contributed by atoms with E-state index in [1.165, 1.54) is 30.3 Å². The molecule has 2 rings (SSSR count). The highest BCUT2D eigenvalue weighted by molar-refractivity contribution is 6.33. The predicted molar refractivity (Wildman–Crippen MR) is 72.2 cm³/mol. The average molecular weight is 294 g/mol. The molecule has 7 heteroatoms. The van der Waals surface area contributed by atoms with E-state index in [4.69, 9.17) is 16.7 Å². The zero-order valence-electron chi connectivity index (χ0n) is 9.91. The van der Waals surface area contributed by atoms with Crippen molar-refractivity contribution in [1.82, 2.24) is 0 Å². The topological polar surface area (TPSA) is 101 Å². The lowest BCUT2D eigenvalue weighted by atomic mass is 10.0. The molecule has 2 aromatic carbocycles. The van der Waals surface area contributed by atoms with Crippen LogP contribution in [0.1, 0.15) is 10.4 Å². The van der Waals surface area contributed by atoms with Crippen molar-refractivity contribution in [3.63, 3.8) is 0 Å². The third-order valence-electron chi connectivity index (χ3n) is 2.70. The molecule has 2 aromatic rings. The summed E-state index contributed by atoms with van der Waals surface area (Å²) in [5.74, 6) is -1.64. The lowest BCUT2D eigenvalue weighted by molar-refractivity contribution is -0.385. The summed E-state index contributed by atoms with van der Waals surface area (Å²) < 4.78 is 0. The standard InChI is InChI=1S/C13H8ClNO5/c14-10-3-1-7(5-9(10)13(17)18)8-2-4-12(16)11(6-8)15(19)20/h1-6,16H,(H,17,18). The molecular weight excluding hydrogens is 286 g/mol. The maximum Gasteiger partial charge on any atom is 0.337 e. The zero-order chi connectivity index (χ0) is 14.9. The van der Waals surface area contributed by atoms with E-state index in [1.54, 1.807) is 6.07 Å². The summed E-state index contributed by atoms with van der Waals surface area (Å²) in [5, 5.41) is 29.2. The van der Waals surface area contributed by atoms with Gasteiger partial charge in [-0.2, -0.15) is 0 Å². The fourth-order valence-electron chi connectivity index (χ4n) is 1.72. The molecule has 0 saturated heterocycles. The molecule has 0 fully saturated rings. The zero-order valence-corrected chi connectivity index (χ0v) is 10.7. The molecule has 6 nitrogen and oxygen atoms in total. The SMILES string of the molecule is O=C(O)c1cc(-c2ccc(O)c([N+](=O)[O-])c2)ccc1Cl. The first-order valence-corrected chi connectivity index (χ1v) is 5.78. The molecule has 20 heavy (non-hydrogen) atoms. The number of benzene rings is 2. The summed E-state index contributed by atoms with van der Waals surface area (Å²) in [6.45, 7) is 0. The van der Waals surface area contributed by atoms with Crippen molar-refractivity contribution in [2.45, 2.75) is 0 Å². The Hall–Kier alpha value is -2.60. The molecule has 0 atom stereocenters. The van der Waals surface area contributed by atoms with E-state index in [-0.39, 0.29) is 10.6 Å². The summed E-state index contributed by atoms with van der Waals surface area (Å²) in [5.41, 5.74) is 0.317. The van der Waals surface area contributed by atoms with Gasteiger partial charge in [0.05, 0.1) is 15.5 Å². The van der Waals surface area contributed by atoms with Gasteiger partial charge in [0.1, 0.15) is 0 Å². The van der Waals surface area contributed by atoms with Gasteiger partial charge in [-0.3, -0.25) is 10.1 Å². The maximum absolute atomic E-state index is 11.0. The second-order valence-corrected chi connectivity index (χ2v) is 4.37. The highest BCUT2D eigenvalue weighted by Gasteiger charge is 2.16. The van der Waals surface area contributed by atoms with E-state index in [0.717, 1.165) is 0 Å². The Bertz CT molecular complexity index is 652. The Morgan fingerprint density at radius 3 is 2.35 bits per heavy atom. The summed E-state index contributed by atoms with van der Waals surface area (Å²) in [6.07, 6.45) is 0. The van der Waals surface area contributed by atoms with Gasteiger partial charge in [0.2, 0.25) is 0 Å². The number of phenols is 1. The van der Waals surface area contributed by atoms with Crippen LogP contribution in [-0.2, 0) is 0 Å². The smallest absolute Gasteiger partial charge is 0.337 e. The van der Waals surface area contributed by atoms with Crippen LogP contribution in [0.4, 0.5) is 5.69 Å². The molecule has 0 radical (unpaired) electrons. The number of nitrogens with zero attached hydrogens (tertiary/aromatic N) is 1. The number of carbonyl (C=O) groups is 1. The molecule has 0 bridgehead atoms. The summed E-state index contributed by atoms with van der Waals surface area (Å²) in [6, 6.07) is 8.08. The lowest BCUT2D eigenvalue weighted by Crippen LogP contribution is -1.97. The molecule has 0 amide bonds. The van der Waals surface area contributed by atoms with Crippen molar-refractivity contribution in [3.05, 3.63) is 57.1 Å². The van der Waals surface area contributed by atoms with Crippen LogP contribution >= 0.6 is 11.6 Å². The number of nitro benzene ring substituents is 1. The Morgan fingerprint density at radius 1 is 1.15 bits per heavy atom. The van der Waals surface area contributed by atoms with Crippen LogP contribution < -0.4 is 0 Å². The number of phenolic OH excluding ortho intramolecular Hbond substituents is 1. The van der Waals surface area contributed by atoms with Crippen molar-refractivity contribution in [2.75, 3.05) is 0 Å². The fraction of sp³-hybridized carbons (Fsp3) is 0. The molecule has 0 spiro atoms. The third-order valence-corrected chi connectivity index (χ3v) is 3.03. The van der Waals surface area contributed by atoms with E-state index < -0.39 is 22.3 Å². The molecular formula is C13H8ClNO5. The Kier molecular flexibility index (Phi) is 3.58. The Labute approximate surface area is 118 Å². The van der Waals surface area contributed by atoms with Gasteiger partial charge in [-0.1, -0.05) is 23.7 Å². The van der Waals surface area contributed by atoms with Gasteiger partial charge < -0.3 is 10.2 Å². The van der Waals surface area contributed by atoms with Crippen molar-refractivity contribution in [3.8, 4) is 16.9 Å². The minimum absolute atomic E-state index is 0.0783. The molecule has 0 heterocycles. The predicted octanol–water partition coefficient (Wildman–Crippen LogP) is 3.32. The van der Waals surface area contributed by atoms with E-state index in [1.807, 2.05) is 0 Å². The van der Waals surface area contributed by atoms with Crippen LogP contribution in [0.5, 0.6) is 5.75 Å². The summed E-state index contributed by atoms with van der Waals surface area (Å²) in [4.78, 5) is 21.1. The van der Waals surface area contributed by atoms with Crippen molar-refractivity contribution in [2.24, 2.45) is 0 Å². The van der Waals surface area contributed by atoms with Crippen LogP contribution in [0.3, 0.4) is 0 Å². The van der Waals surface area contributed by atoms with E-state index in [0.29, 0.717) is 11.1 Å². The normalized spacial score (nSPS) is 10.2. The number of carboxylic acids is 1.